The van der Waals surface area contributed by atoms with E-state index in [1.54, 1.807) is 29.4 Å². The molecule has 5 nitrogen and oxygen atoms in total. The Hall–Kier alpha value is -3.31. The number of hydrogen-bond acceptors (Lipinski definition) is 4. The number of allylic oxidation sites excluding steroid dienone is 1. The fourth-order valence-corrected chi connectivity index (χ4v) is 4.97. The van der Waals surface area contributed by atoms with Crippen LogP contribution in [0.25, 0.3) is 0 Å². The molecule has 0 saturated heterocycles. The molecule has 2 heterocycles. The molecule has 0 radical (unpaired) electrons. The summed E-state index contributed by atoms with van der Waals surface area (Å²) in [7, 11) is 0. The number of carbonyl (C=O) groups is 2. The Morgan fingerprint density at radius 3 is 2.58 bits per heavy atom. The minimum atomic E-state index is -0.644. The molecule has 1 N–H and O–H groups in total. The van der Waals surface area contributed by atoms with Crippen LogP contribution in [0.15, 0.2) is 82.6 Å². The monoisotopic (exact) mass is 460 g/mol. The van der Waals surface area contributed by atoms with Gasteiger partial charge in [-0.3, -0.25) is 14.5 Å². The number of para-hydroxylation sites is 2. The van der Waals surface area contributed by atoms with Crippen LogP contribution >= 0.6 is 11.6 Å². The summed E-state index contributed by atoms with van der Waals surface area (Å²) in [6.07, 6.45) is 2.88. The van der Waals surface area contributed by atoms with Crippen LogP contribution in [0.3, 0.4) is 0 Å². The average Bonchev–Trinajstić information content (AvgIpc) is 3.24. The molecule has 2 aliphatic rings. The lowest BCUT2D eigenvalue weighted by atomic mass is 9.74. The largest absolute Gasteiger partial charge is 0.467 e. The summed E-state index contributed by atoms with van der Waals surface area (Å²) in [5.41, 5.74) is 3.65. The van der Waals surface area contributed by atoms with E-state index in [2.05, 4.69) is 19.2 Å². The van der Waals surface area contributed by atoms with Crippen molar-refractivity contribution in [3.8, 4) is 0 Å². The zero-order chi connectivity index (χ0) is 23.2. The first-order valence-electron chi connectivity index (χ1n) is 11.0. The van der Waals surface area contributed by atoms with Crippen molar-refractivity contribution in [3.63, 3.8) is 0 Å². The summed E-state index contributed by atoms with van der Waals surface area (Å²) in [6.45, 7) is 4.19. The van der Waals surface area contributed by atoms with Crippen LogP contribution in [-0.4, -0.2) is 11.7 Å². The third kappa shape index (κ3) is 4.09. The Morgan fingerprint density at radius 2 is 1.85 bits per heavy atom. The molecule has 0 bridgehead atoms. The molecular weight excluding hydrogens is 436 g/mol. The SMILES string of the molecule is CC1(C)CC(=O)C2=C(C1)Nc1ccccc1N(C(=O)Cc1ccc(Cl)cc1)[C@@H]2c1ccco1. The molecule has 0 fully saturated rings. The predicted octanol–water partition coefficient (Wildman–Crippen LogP) is 6.32. The minimum Gasteiger partial charge on any atom is -0.467 e. The fourth-order valence-electron chi connectivity index (χ4n) is 4.84. The Balaban J connectivity index is 1.68. The van der Waals surface area contributed by atoms with Crippen LogP contribution in [-0.2, 0) is 16.0 Å². The van der Waals surface area contributed by atoms with Crippen molar-refractivity contribution in [2.75, 3.05) is 10.2 Å². The van der Waals surface area contributed by atoms with Gasteiger partial charge in [0.05, 0.1) is 24.1 Å². The first-order chi connectivity index (χ1) is 15.8. The molecule has 33 heavy (non-hydrogen) atoms. The van der Waals surface area contributed by atoms with E-state index in [4.69, 9.17) is 16.0 Å². The van der Waals surface area contributed by atoms with E-state index < -0.39 is 6.04 Å². The maximum atomic E-state index is 13.9. The van der Waals surface area contributed by atoms with E-state index in [-0.39, 0.29) is 23.5 Å². The zero-order valence-corrected chi connectivity index (χ0v) is 19.4. The van der Waals surface area contributed by atoms with Gasteiger partial charge in [-0.05, 0) is 53.8 Å². The zero-order valence-electron chi connectivity index (χ0n) is 18.6. The summed E-state index contributed by atoms with van der Waals surface area (Å²) >= 11 is 6.03. The quantitative estimate of drug-likeness (QED) is 0.496. The number of benzene rings is 2. The van der Waals surface area contributed by atoms with Crippen LogP contribution in [0, 0.1) is 5.41 Å². The lowest BCUT2D eigenvalue weighted by molar-refractivity contribution is -0.119. The molecule has 5 rings (SSSR count). The molecule has 0 spiro atoms. The minimum absolute atomic E-state index is 0.0345. The van der Waals surface area contributed by atoms with E-state index in [9.17, 15) is 9.59 Å². The number of furan rings is 1. The van der Waals surface area contributed by atoms with Crippen molar-refractivity contribution in [2.24, 2.45) is 5.41 Å². The Kier molecular flexibility index (Phi) is 5.37. The van der Waals surface area contributed by atoms with E-state index in [0.717, 1.165) is 22.6 Å². The van der Waals surface area contributed by atoms with Gasteiger partial charge in [0, 0.05) is 22.7 Å². The van der Waals surface area contributed by atoms with Crippen LogP contribution in [0.4, 0.5) is 11.4 Å². The molecule has 0 unspecified atom stereocenters. The summed E-state index contributed by atoms with van der Waals surface area (Å²) < 4.78 is 5.81. The summed E-state index contributed by atoms with van der Waals surface area (Å²) in [5, 5.41) is 4.12. The molecule has 6 heteroatoms. The summed E-state index contributed by atoms with van der Waals surface area (Å²) in [6, 6.07) is 17.9. The number of ketones is 1. The molecule has 0 saturated carbocycles. The Labute approximate surface area is 198 Å². The first-order valence-corrected chi connectivity index (χ1v) is 11.4. The van der Waals surface area contributed by atoms with Gasteiger partial charge in [-0.1, -0.05) is 49.7 Å². The highest BCUT2D eigenvalue weighted by atomic mass is 35.5. The van der Waals surface area contributed by atoms with Gasteiger partial charge >= 0.3 is 0 Å². The number of carbonyl (C=O) groups excluding carboxylic acids is 2. The second-order valence-electron chi connectivity index (χ2n) is 9.46. The van der Waals surface area contributed by atoms with Crippen LogP contribution in [0.1, 0.15) is 44.1 Å². The maximum absolute atomic E-state index is 13.9. The number of hydrogen-bond donors (Lipinski definition) is 1. The lowest BCUT2D eigenvalue weighted by Crippen LogP contribution is -2.40. The van der Waals surface area contributed by atoms with E-state index in [0.29, 0.717) is 29.2 Å². The maximum Gasteiger partial charge on any atom is 0.232 e. The number of halogens is 1. The number of rotatable bonds is 3. The second kappa shape index (κ2) is 8.23. The van der Waals surface area contributed by atoms with Gasteiger partial charge in [0.2, 0.25) is 5.91 Å². The van der Waals surface area contributed by atoms with Crippen molar-refractivity contribution >= 4 is 34.7 Å². The molecular formula is C27H25ClN2O3. The molecule has 1 atom stereocenters. The number of amides is 1. The molecule has 168 valence electrons. The summed E-state index contributed by atoms with van der Waals surface area (Å²) in [4.78, 5) is 29.1. The van der Waals surface area contributed by atoms with Crippen molar-refractivity contribution < 1.29 is 14.0 Å². The van der Waals surface area contributed by atoms with Gasteiger partial charge in [-0.2, -0.15) is 0 Å². The van der Waals surface area contributed by atoms with Crippen molar-refractivity contribution in [1.29, 1.82) is 0 Å². The van der Waals surface area contributed by atoms with Crippen LogP contribution in [0.2, 0.25) is 5.02 Å². The van der Waals surface area contributed by atoms with Gasteiger partial charge in [-0.25, -0.2) is 0 Å². The fraction of sp³-hybridized carbons (Fsp3) is 0.259. The molecule has 1 amide bonds. The number of anilines is 2. The van der Waals surface area contributed by atoms with Crippen molar-refractivity contribution in [3.05, 3.63) is 94.5 Å². The standard InChI is InChI=1S/C27H25ClN2O3/c1-27(2)15-20-25(22(31)16-27)26(23-8-5-13-33-23)30(21-7-4-3-6-19(21)29-20)24(32)14-17-9-11-18(28)12-10-17/h3-13,26,29H,14-16H2,1-2H3/t26-/m1/s1. The third-order valence-electron chi connectivity index (χ3n) is 6.25. The number of nitrogens with one attached hydrogen (secondary N) is 1. The predicted molar refractivity (Wildman–Crippen MR) is 129 cm³/mol. The Bertz CT molecular complexity index is 1240. The smallest absolute Gasteiger partial charge is 0.232 e. The highest BCUT2D eigenvalue weighted by Crippen LogP contribution is 2.48. The first kappa shape index (κ1) is 21.5. The molecule has 1 aromatic heterocycles. The highest BCUT2D eigenvalue weighted by Gasteiger charge is 2.44. The van der Waals surface area contributed by atoms with Gasteiger partial charge < -0.3 is 9.73 Å². The van der Waals surface area contributed by atoms with E-state index >= 15 is 0 Å². The highest BCUT2D eigenvalue weighted by molar-refractivity contribution is 6.30. The van der Waals surface area contributed by atoms with E-state index in [1.807, 2.05) is 42.5 Å². The number of nitrogens with zero attached hydrogens (tertiary/aromatic N) is 1. The van der Waals surface area contributed by atoms with Gasteiger partial charge in [0.1, 0.15) is 11.8 Å². The van der Waals surface area contributed by atoms with E-state index in [1.165, 1.54) is 0 Å². The van der Waals surface area contributed by atoms with Gasteiger partial charge in [0.25, 0.3) is 0 Å². The third-order valence-corrected chi connectivity index (χ3v) is 6.50. The number of Topliss-reactive ketones (excluding diaryl/α,β-unsaturated/α-hetero) is 1. The van der Waals surface area contributed by atoms with Crippen LogP contribution in [0.5, 0.6) is 0 Å². The molecule has 1 aliphatic heterocycles. The van der Waals surface area contributed by atoms with Gasteiger partial charge in [-0.15, -0.1) is 0 Å². The average molecular weight is 461 g/mol. The second-order valence-corrected chi connectivity index (χ2v) is 9.90. The summed E-state index contributed by atoms with van der Waals surface area (Å²) in [5.74, 6) is 0.477. The van der Waals surface area contributed by atoms with Crippen molar-refractivity contribution in [2.45, 2.75) is 39.2 Å². The Morgan fingerprint density at radius 1 is 1.09 bits per heavy atom. The molecule has 3 aromatic rings. The normalized spacial score (nSPS) is 19.4. The molecule has 2 aromatic carbocycles. The van der Waals surface area contributed by atoms with Crippen LogP contribution < -0.4 is 10.2 Å². The molecule has 1 aliphatic carbocycles. The van der Waals surface area contributed by atoms with Crippen molar-refractivity contribution in [1.82, 2.24) is 0 Å². The topological polar surface area (TPSA) is 62.6 Å². The lowest BCUT2D eigenvalue weighted by Gasteiger charge is -2.36. The number of fused-ring (bicyclic) bond motifs is 1. The van der Waals surface area contributed by atoms with Gasteiger partial charge in [0.15, 0.2) is 5.78 Å².